The normalized spacial score (nSPS) is 14.0. The van der Waals surface area contributed by atoms with Gasteiger partial charge < -0.3 is 9.30 Å². The second-order valence-corrected chi connectivity index (χ2v) is 3.54. The molecule has 0 amide bonds. The molecule has 0 aliphatic heterocycles. The van der Waals surface area contributed by atoms with Crippen LogP contribution in [0, 0.1) is 6.92 Å². The maximum Gasteiger partial charge on any atom is 0.356 e. The molecule has 90 valence electrons. The molecular weight excluding hydrogens is 204 g/mol. The van der Waals surface area contributed by atoms with Crippen LogP contribution in [0.3, 0.4) is 0 Å². The summed E-state index contributed by atoms with van der Waals surface area (Å²) in [6.07, 6.45) is 4.02. The number of hydrogen-bond acceptors (Lipinski definition) is 3. The first-order valence-electron chi connectivity index (χ1n) is 5.94. The standard InChI is InChI=1S/C10H14N2O2.C2H6/c1-3-14-10(13)9-7(2)11-6-12(9)8-4-5-8;1-2/h6,8H,3-5H2,1-2H3;1-2H3. The molecule has 0 aromatic carbocycles. The molecule has 1 aliphatic rings. The van der Waals surface area contributed by atoms with Crippen molar-refractivity contribution in [2.75, 3.05) is 6.61 Å². The Morgan fingerprint density at radius 2 is 2.19 bits per heavy atom. The molecule has 0 spiro atoms. The number of aromatic nitrogens is 2. The van der Waals surface area contributed by atoms with Crippen molar-refractivity contribution in [2.24, 2.45) is 0 Å². The number of aryl methyl sites for hydroxylation is 1. The van der Waals surface area contributed by atoms with Crippen LogP contribution in [0.25, 0.3) is 0 Å². The van der Waals surface area contributed by atoms with Crippen LogP contribution in [-0.4, -0.2) is 22.1 Å². The van der Waals surface area contributed by atoms with E-state index >= 15 is 0 Å². The van der Waals surface area contributed by atoms with Crippen molar-refractivity contribution in [3.8, 4) is 0 Å². The van der Waals surface area contributed by atoms with Crippen LogP contribution in [0.4, 0.5) is 0 Å². The van der Waals surface area contributed by atoms with Gasteiger partial charge in [-0.1, -0.05) is 13.8 Å². The zero-order valence-corrected chi connectivity index (χ0v) is 10.5. The number of carbonyl (C=O) groups excluding carboxylic acids is 1. The maximum absolute atomic E-state index is 11.6. The molecular formula is C12H20N2O2. The number of hydrogen-bond donors (Lipinski definition) is 0. The first kappa shape index (κ1) is 12.7. The fraction of sp³-hybridized carbons (Fsp3) is 0.667. The summed E-state index contributed by atoms with van der Waals surface area (Å²) >= 11 is 0. The molecule has 2 rings (SSSR count). The summed E-state index contributed by atoms with van der Waals surface area (Å²) in [5, 5.41) is 0. The second-order valence-electron chi connectivity index (χ2n) is 3.54. The van der Waals surface area contributed by atoms with Gasteiger partial charge in [-0.15, -0.1) is 0 Å². The quantitative estimate of drug-likeness (QED) is 0.741. The summed E-state index contributed by atoms with van der Waals surface area (Å²) in [5.41, 5.74) is 1.38. The second kappa shape index (κ2) is 5.68. The highest BCUT2D eigenvalue weighted by molar-refractivity contribution is 5.88. The van der Waals surface area contributed by atoms with Gasteiger partial charge in [0.05, 0.1) is 18.6 Å². The van der Waals surface area contributed by atoms with Gasteiger partial charge in [0.2, 0.25) is 0 Å². The van der Waals surface area contributed by atoms with Crippen LogP contribution in [0.1, 0.15) is 55.8 Å². The Hall–Kier alpha value is -1.32. The Balaban J connectivity index is 0.000000606. The van der Waals surface area contributed by atoms with Crippen molar-refractivity contribution in [3.05, 3.63) is 17.7 Å². The van der Waals surface area contributed by atoms with Gasteiger partial charge >= 0.3 is 5.97 Å². The van der Waals surface area contributed by atoms with Crippen molar-refractivity contribution < 1.29 is 9.53 Å². The summed E-state index contributed by atoms with van der Waals surface area (Å²) in [4.78, 5) is 15.7. The van der Waals surface area contributed by atoms with Crippen LogP contribution >= 0.6 is 0 Å². The summed E-state index contributed by atoms with van der Waals surface area (Å²) in [5.74, 6) is -0.255. The summed E-state index contributed by atoms with van der Waals surface area (Å²) in [6, 6.07) is 0.468. The molecule has 4 heteroatoms. The average molecular weight is 224 g/mol. The van der Waals surface area contributed by atoms with Gasteiger partial charge in [0.1, 0.15) is 0 Å². The first-order valence-corrected chi connectivity index (χ1v) is 5.94. The van der Waals surface area contributed by atoms with E-state index in [0.29, 0.717) is 18.3 Å². The third kappa shape index (κ3) is 2.62. The van der Waals surface area contributed by atoms with Crippen molar-refractivity contribution in [1.29, 1.82) is 0 Å². The van der Waals surface area contributed by atoms with Crippen LogP contribution in [-0.2, 0) is 4.74 Å². The smallest absolute Gasteiger partial charge is 0.356 e. The monoisotopic (exact) mass is 224 g/mol. The van der Waals surface area contributed by atoms with E-state index in [1.165, 1.54) is 0 Å². The topological polar surface area (TPSA) is 44.1 Å². The van der Waals surface area contributed by atoms with Gasteiger partial charge in [-0.2, -0.15) is 0 Å². The van der Waals surface area contributed by atoms with Crippen molar-refractivity contribution in [3.63, 3.8) is 0 Å². The molecule has 0 radical (unpaired) electrons. The molecule has 1 heterocycles. The van der Waals surface area contributed by atoms with E-state index in [9.17, 15) is 4.79 Å². The number of carbonyl (C=O) groups is 1. The minimum atomic E-state index is -0.255. The first-order chi connectivity index (χ1) is 7.74. The van der Waals surface area contributed by atoms with Crippen LogP contribution in [0.5, 0.6) is 0 Å². The Labute approximate surface area is 96.6 Å². The van der Waals surface area contributed by atoms with E-state index in [1.54, 1.807) is 6.33 Å². The van der Waals surface area contributed by atoms with Crippen LogP contribution in [0.2, 0.25) is 0 Å². The van der Waals surface area contributed by atoms with E-state index in [-0.39, 0.29) is 5.97 Å². The lowest BCUT2D eigenvalue weighted by Gasteiger charge is -2.06. The lowest BCUT2D eigenvalue weighted by atomic mass is 10.3. The Morgan fingerprint density at radius 3 is 2.69 bits per heavy atom. The minimum Gasteiger partial charge on any atom is -0.461 e. The van der Waals surface area contributed by atoms with Crippen molar-refractivity contribution in [1.82, 2.24) is 9.55 Å². The summed E-state index contributed by atoms with van der Waals surface area (Å²) in [6.45, 7) is 8.06. The fourth-order valence-electron chi connectivity index (χ4n) is 1.54. The third-order valence-electron chi connectivity index (χ3n) is 2.39. The molecule has 0 N–H and O–H groups in total. The van der Waals surface area contributed by atoms with E-state index in [0.717, 1.165) is 18.5 Å². The van der Waals surface area contributed by atoms with Gasteiger partial charge in [-0.25, -0.2) is 9.78 Å². The van der Waals surface area contributed by atoms with Gasteiger partial charge in [-0.05, 0) is 26.7 Å². The third-order valence-corrected chi connectivity index (χ3v) is 2.39. The fourth-order valence-corrected chi connectivity index (χ4v) is 1.54. The van der Waals surface area contributed by atoms with E-state index in [4.69, 9.17) is 4.74 Å². The molecule has 16 heavy (non-hydrogen) atoms. The van der Waals surface area contributed by atoms with Gasteiger partial charge in [0.15, 0.2) is 5.69 Å². The van der Waals surface area contributed by atoms with E-state index < -0.39 is 0 Å². The lowest BCUT2D eigenvalue weighted by Crippen LogP contribution is -2.12. The summed E-state index contributed by atoms with van der Waals surface area (Å²) in [7, 11) is 0. The SMILES string of the molecule is CC.CCOC(=O)c1c(C)ncn1C1CC1. The molecule has 1 aliphatic carbocycles. The van der Waals surface area contributed by atoms with Gasteiger partial charge in [0.25, 0.3) is 0 Å². The maximum atomic E-state index is 11.6. The molecule has 1 aromatic rings. The number of imidazole rings is 1. The van der Waals surface area contributed by atoms with Crippen molar-refractivity contribution >= 4 is 5.97 Å². The average Bonchev–Trinajstić information content (AvgIpc) is 3.05. The van der Waals surface area contributed by atoms with Crippen LogP contribution < -0.4 is 0 Å². The molecule has 0 bridgehead atoms. The summed E-state index contributed by atoms with van der Waals surface area (Å²) < 4.78 is 6.92. The number of ether oxygens (including phenoxy) is 1. The predicted molar refractivity (Wildman–Crippen MR) is 62.5 cm³/mol. The van der Waals surface area contributed by atoms with Gasteiger partial charge in [0, 0.05) is 6.04 Å². The van der Waals surface area contributed by atoms with E-state index in [2.05, 4.69) is 4.98 Å². The molecule has 1 aromatic heterocycles. The predicted octanol–water partition coefficient (Wildman–Crippen LogP) is 2.73. The largest absolute Gasteiger partial charge is 0.461 e. The highest BCUT2D eigenvalue weighted by Crippen LogP contribution is 2.36. The Morgan fingerprint density at radius 1 is 1.56 bits per heavy atom. The van der Waals surface area contributed by atoms with Crippen LogP contribution in [0.15, 0.2) is 6.33 Å². The molecule has 0 unspecified atom stereocenters. The zero-order chi connectivity index (χ0) is 12.1. The Kier molecular flexibility index (Phi) is 4.52. The zero-order valence-electron chi connectivity index (χ0n) is 10.5. The number of nitrogens with zero attached hydrogens (tertiary/aromatic N) is 2. The number of esters is 1. The van der Waals surface area contributed by atoms with Gasteiger partial charge in [-0.3, -0.25) is 0 Å². The Bertz CT molecular complexity index is 354. The molecule has 0 atom stereocenters. The number of rotatable bonds is 3. The highest BCUT2D eigenvalue weighted by atomic mass is 16.5. The minimum absolute atomic E-state index is 0.255. The van der Waals surface area contributed by atoms with E-state index in [1.807, 2.05) is 32.3 Å². The molecule has 1 fully saturated rings. The molecule has 4 nitrogen and oxygen atoms in total. The highest BCUT2D eigenvalue weighted by Gasteiger charge is 2.29. The molecule has 1 saturated carbocycles. The lowest BCUT2D eigenvalue weighted by molar-refractivity contribution is 0.0512. The van der Waals surface area contributed by atoms with Crippen molar-refractivity contribution in [2.45, 2.75) is 46.6 Å². The molecule has 0 saturated heterocycles.